The van der Waals surface area contributed by atoms with Gasteiger partial charge in [0.15, 0.2) is 0 Å². The number of aliphatic hydroxyl groups is 1. The third kappa shape index (κ3) is 6.57. The number of anilines is 2. The molecule has 0 aliphatic heterocycles. The number of aliphatic hydroxyl groups excluding tert-OH is 1. The highest BCUT2D eigenvalue weighted by Crippen LogP contribution is 2.14. The summed E-state index contributed by atoms with van der Waals surface area (Å²) in [4.78, 5) is 12.8. The lowest BCUT2D eigenvalue weighted by Crippen LogP contribution is -2.18. The van der Waals surface area contributed by atoms with Crippen LogP contribution < -0.4 is 15.4 Å². The highest BCUT2D eigenvalue weighted by molar-refractivity contribution is 5.35. The van der Waals surface area contributed by atoms with E-state index in [1.807, 2.05) is 20.8 Å². The largest absolute Gasteiger partial charge is 0.461 e. The van der Waals surface area contributed by atoms with E-state index >= 15 is 0 Å². The fourth-order valence-electron chi connectivity index (χ4n) is 1.80. The molecule has 0 fully saturated rings. The number of nitrogens with zero attached hydrogens (tertiary/aromatic N) is 3. The second kappa shape index (κ2) is 9.33. The summed E-state index contributed by atoms with van der Waals surface area (Å²) in [5.74, 6) is 1.39. The van der Waals surface area contributed by atoms with Gasteiger partial charge in [-0.3, -0.25) is 0 Å². The van der Waals surface area contributed by atoms with Crippen LogP contribution in [0.2, 0.25) is 0 Å². The minimum atomic E-state index is 0.00695. The lowest BCUT2D eigenvalue weighted by Gasteiger charge is -2.15. The molecule has 1 aromatic rings. The standard InChI is InChI=1S/C14H27N5O2/c1-5-11(7-8-20)9-16-13-17-12(15-6-2)18-14(19-13)21-10(3)4/h10-11,20H,5-9H2,1-4H3,(H2,15,16,17,18,19). The van der Waals surface area contributed by atoms with Crippen molar-refractivity contribution in [2.24, 2.45) is 5.92 Å². The lowest BCUT2D eigenvalue weighted by atomic mass is 10.0. The molecule has 0 amide bonds. The molecule has 1 aromatic heterocycles. The number of aromatic nitrogens is 3. The summed E-state index contributed by atoms with van der Waals surface area (Å²) >= 11 is 0. The summed E-state index contributed by atoms with van der Waals surface area (Å²) in [6, 6.07) is 0.314. The maximum absolute atomic E-state index is 9.02. The molecule has 0 aliphatic carbocycles. The van der Waals surface area contributed by atoms with Crippen molar-refractivity contribution in [3.63, 3.8) is 0 Å². The van der Waals surface area contributed by atoms with E-state index in [1.165, 1.54) is 0 Å². The van der Waals surface area contributed by atoms with Crippen LogP contribution in [0.5, 0.6) is 6.01 Å². The zero-order valence-electron chi connectivity index (χ0n) is 13.4. The van der Waals surface area contributed by atoms with Crippen molar-refractivity contribution in [1.29, 1.82) is 0 Å². The van der Waals surface area contributed by atoms with Crippen LogP contribution in [0.1, 0.15) is 40.5 Å². The van der Waals surface area contributed by atoms with Gasteiger partial charge in [-0.15, -0.1) is 0 Å². The van der Waals surface area contributed by atoms with Crippen molar-refractivity contribution in [2.45, 2.75) is 46.6 Å². The first kappa shape index (κ1) is 17.4. The third-order valence-corrected chi connectivity index (χ3v) is 2.95. The zero-order valence-corrected chi connectivity index (χ0v) is 13.4. The van der Waals surface area contributed by atoms with E-state index in [1.54, 1.807) is 0 Å². The Morgan fingerprint density at radius 3 is 2.29 bits per heavy atom. The average molecular weight is 297 g/mol. The van der Waals surface area contributed by atoms with Gasteiger partial charge in [-0.05, 0) is 33.1 Å². The minimum absolute atomic E-state index is 0.00695. The molecule has 1 atom stereocenters. The first-order valence-corrected chi connectivity index (χ1v) is 7.60. The highest BCUT2D eigenvalue weighted by atomic mass is 16.5. The van der Waals surface area contributed by atoms with Crippen LogP contribution in [-0.2, 0) is 0 Å². The Hall–Kier alpha value is -1.63. The van der Waals surface area contributed by atoms with Gasteiger partial charge in [0.25, 0.3) is 0 Å². The van der Waals surface area contributed by atoms with Crippen LogP contribution in [0.3, 0.4) is 0 Å². The van der Waals surface area contributed by atoms with Crippen LogP contribution in [0.25, 0.3) is 0 Å². The molecule has 7 heteroatoms. The van der Waals surface area contributed by atoms with Gasteiger partial charge in [0.1, 0.15) is 0 Å². The molecule has 0 spiro atoms. The van der Waals surface area contributed by atoms with Crippen molar-refractivity contribution in [3.8, 4) is 6.01 Å². The maximum atomic E-state index is 9.02. The van der Waals surface area contributed by atoms with Crippen molar-refractivity contribution in [3.05, 3.63) is 0 Å². The first-order chi connectivity index (χ1) is 10.1. The molecule has 3 N–H and O–H groups in total. The topological polar surface area (TPSA) is 92.2 Å². The Labute approximate surface area is 126 Å². The zero-order chi connectivity index (χ0) is 15.7. The molecular formula is C14H27N5O2. The molecule has 21 heavy (non-hydrogen) atoms. The van der Waals surface area contributed by atoms with E-state index in [9.17, 15) is 0 Å². The van der Waals surface area contributed by atoms with Gasteiger partial charge >= 0.3 is 6.01 Å². The van der Waals surface area contributed by atoms with Gasteiger partial charge in [0, 0.05) is 19.7 Å². The summed E-state index contributed by atoms with van der Waals surface area (Å²) in [6.07, 6.45) is 1.77. The first-order valence-electron chi connectivity index (χ1n) is 7.60. The van der Waals surface area contributed by atoms with E-state index < -0.39 is 0 Å². The van der Waals surface area contributed by atoms with Gasteiger partial charge in [-0.1, -0.05) is 13.3 Å². The van der Waals surface area contributed by atoms with Crippen LogP contribution in [0, 0.1) is 5.92 Å². The predicted octanol–water partition coefficient (Wildman–Crippen LogP) is 1.91. The Bertz CT molecular complexity index is 414. The second-order valence-electron chi connectivity index (χ2n) is 5.13. The Kier molecular flexibility index (Phi) is 7.74. The molecular weight excluding hydrogens is 270 g/mol. The molecule has 7 nitrogen and oxygen atoms in total. The molecule has 0 bridgehead atoms. The van der Waals surface area contributed by atoms with Crippen LogP contribution in [-0.4, -0.2) is 45.9 Å². The molecule has 1 unspecified atom stereocenters. The normalized spacial score (nSPS) is 12.3. The number of ether oxygens (including phenoxy) is 1. The molecule has 0 aliphatic rings. The monoisotopic (exact) mass is 297 g/mol. The van der Waals surface area contributed by atoms with E-state index in [4.69, 9.17) is 9.84 Å². The number of nitrogens with one attached hydrogen (secondary N) is 2. The molecule has 0 aromatic carbocycles. The van der Waals surface area contributed by atoms with Gasteiger partial charge in [0.05, 0.1) is 6.10 Å². The Morgan fingerprint density at radius 1 is 1.10 bits per heavy atom. The third-order valence-electron chi connectivity index (χ3n) is 2.95. The predicted molar refractivity (Wildman–Crippen MR) is 83.7 cm³/mol. The quantitative estimate of drug-likeness (QED) is 0.607. The summed E-state index contributed by atoms with van der Waals surface area (Å²) < 4.78 is 5.54. The van der Waals surface area contributed by atoms with Gasteiger partial charge in [-0.2, -0.15) is 15.0 Å². The highest BCUT2D eigenvalue weighted by Gasteiger charge is 2.11. The molecule has 120 valence electrons. The van der Waals surface area contributed by atoms with Gasteiger partial charge in [-0.25, -0.2) is 0 Å². The Morgan fingerprint density at radius 2 is 1.76 bits per heavy atom. The molecule has 1 heterocycles. The summed E-state index contributed by atoms with van der Waals surface area (Å²) in [5.41, 5.74) is 0. The smallest absolute Gasteiger partial charge is 0.323 e. The molecule has 1 rings (SSSR count). The number of rotatable bonds is 10. The summed E-state index contributed by atoms with van der Waals surface area (Å²) in [5, 5.41) is 15.3. The van der Waals surface area contributed by atoms with Crippen molar-refractivity contribution in [2.75, 3.05) is 30.3 Å². The van der Waals surface area contributed by atoms with E-state index in [0.29, 0.717) is 30.4 Å². The SMILES string of the molecule is CCNc1nc(NCC(CC)CCO)nc(OC(C)C)n1. The maximum Gasteiger partial charge on any atom is 0.323 e. The molecule has 0 saturated carbocycles. The minimum Gasteiger partial charge on any atom is -0.461 e. The van der Waals surface area contributed by atoms with Crippen molar-refractivity contribution >= 4 is 11.9 Å². The summed E-state index contributed by atoms with van der Waals surface area (Å²) in [7, 11) is 0. The Balaban J connectivity index is 2.76. The fraction of sp³-hybridized carbons (Fsp3) is 0.786. The van der Waals surface area contributed by atoms with E-state index in [-0.39, 0.29) is 12.7 Å². The summed E-state index contributed by atoms with van der Waals surface area (Å²) in [6.45, 7) is 9.58. The van der Waals surface area contributed by atoms with E-state index in [2.05, 4.69) is 32.5 Å². The number of hydrogen-bond acceptors (Lipinski definition) is 7. The fourth-order valence-corrected chi connectivity index (χ4v) is 1.80. The molecule has 0 radical (unpaired) electrons. The average Bonchev–Trinajstić information content (AvgIpc) is 2.43. The molecule has 0 saturated heterocycles. The van der Waals surface area contributed by atoms with Gasteiger partial charge < -0.3 is 20.5 Å². The van der Waals surface area contributed by atoms with Gasteiger partial charge in [0.2, 0.25) is 11.9 Å². The van der Waals surface area contributed by atoms with Crippen molar-refractivity contribution < 1.29 is 9.84 Å². The van der Waals surface area contributed by atoms with Crippen LogP contribution in [0.15, 0.2) is 0 Å². The van der Waals surface area contributed by atoms with Crippen molar-refractivity contribution in [1.82, 2.24) is 15.0 Å². The number of hydrogen-bond donors (Lipinski definition) is 3. The van der Waals surface area contributed by atoms with Crippen LogP contribution in [0.4, 0.5) is 11.9 Å². The lowest BCUT2D eigenvalue weighted by molar-refractivity contribution is 0.222. The van der Waals surface area contributed by atoms with Crippen LogP contribution >= 0.6 is 0 Å². The van der Waals surface area contributed by atoms with E-state index in [0.717, 1.165) is 19.4 Å². The second-order valence-corrected chi connectivity index (χ2v) is 5.13.